The van der Waals surface area contributed by atoms with Crippen molar-refractivity contribution in [2.45, 2.75) is 36.5 Å². The number of aliphatic hydroxyl groups is 1. The van der Waals surface area contributed by atoms with E-state index in [1.807, 2.05) is 6.07 Å². The molecule has 4 nitrogen and oxygen atoms in total. The van der Waals surface area contributed by atoms with Gasteiger partial charge in [0.15, 0.2) is 11.5 Å². The standard InChI is InChI=1S/C18H21NO3/c1-19-8-7-18-11-4-5-13(20)17(18)22-16-14(21-2)6-3-10(15(16)18)9-12(11)19/h3-6,11-13,17,20H,7-9H2,1-2H3/t11-,12+,13?,17?,18-/m0/s1/i1D3,11D,17D,20D. The number of methoxy groups -OCH3 is 1. The lowest BCUT2D eigenvalue weighted by atomic mass is 9.53. The van der Waals surface area contributed by atoms with E-state index in [1.54, 1.807) is 12.1 Å². The Morgan fingerprint density at radius 2 is 2.50 bits per heavy atom. The van der Waals surface area contributed by atoms with Crippen LogP contribution in [0.5, 0.6) is 11.5 Å². The van der Waals surface area contributed by atoms with Gasteiger partial charge in [-0.05, 0) is 38.0 Å². The Hall–Kier alpha value is -1.52. The zero-order valence-electron chi connectivity index (χ0n) is 18.3. The van der Waals surface area contributed by atoms with E-state index in [2.05, 4.69) is 0 Å². The average molecular weight is 305 g/mol. The van der Waals surface area contributed by atoms with Gasteiger partial charge in [0.05, 0.1) is 8.48 Å². The van der Waals surface area contributed by atoms with Gasteiger partial charge in [0.1, 0.15) is 12.2 Å². The van der Waals surface area contributed by atoms with Crippen LogP contribution in [0.2, 0.25) is 0 Å². The van der Waals surface area contributed by atoms with Crippen molar-refractivity contribution in [3.8, 4) is 11.5 Å². The van der Waals surface area contributed by atoms with Crippen molar-refractivity contribution in [1.29, 1.82) is 1.43 Å². The Morgan fingerprint density at radius 3 is 3.32 bits per heavy atom. The molecular weight excluding hydrogens is 278 g/mol. The van der Waals surface area contributed by atoms with E-state index in [-0.39, 0.29) is 13.0 Å². The molecule has 0 aromatic heterocycles. The second-order valence-corrected chi connectivity index (χ2v) is 6.40. The lowest BCUT2D eigenvalue weighted by molar-refractivity contribution is -0.0453. The predicted molar refractivity (Wildman–Crippen MR) is 82.5 cm³/mol. The van der Waals surface area contributed by atoms with Crippen LogP contribution in [0.15, 0.2) is 24.3 Å². The first-order chi connectivity index (χ1) is 13.1. The summed E-state index contributed by atoms with van der Waals surface area (Å²) in [6.07, 6.45) is 0.982. The summed E-state index contributed by atoms with van der Waals surface area (Å²) in [5, 5.41) is 4.85. The molecular formula is C18H21NO3. The Morgan fingerprint density at radius 1 is 1.55 bits per heavy atom. The van der Waals surface area contributed by atoms with Crippen molar-refractivity contribution in [2.75, 3.05) is 20.6 Å². The molecule has 0 radical (unpaired) electrons. The molecule has 5 rings (SSSR count). The lowest BCUT2D eigenvalue weighted by Crippen LogP contribution is -2.64. The number of likely N-dealkylation sites (N-methyl/N-ethyl adjacent to an activating group) is 1. The van der Waals surface area contributed by atoms with Gasteiger partial charge in [0, 0.05) is 28.4 Å². The minimum Gasteiger partial charge on any atom is -0.493 e. The predicted octanol–water partition coefficient (Wildman–Crippen LogP) is 1.50. The first kappa shape index (κ1) is 8.37. The van der Waals surface area contributed by atoms with E-state index in [0.717, 1.165) is 11.1 Å². The van der Waals surface area contributed by atoms with Crippen LogP contribution >= 0.6 is 0 Å². The van der Waals surface area contributed by atoms with Gasteiger partial charge in [0.2, 0.25) is 1.43 Å². The van der Waals surface area contributed by atoms with Gasteiger partial charge >= 0.3 is 0 Å². The molecule has 0 saturated carbocycles. The number of nitrogens with zero attached hydrogens (tertiary/aromatic N) is 1. The highest BCUT2D eigenvalue weighted by Gasteiger charge is 2.64. The van der Waals surface area contributed by atoms with Gasteiger partial charge in [-0.1, -0.05) is 18.2 Å². The van der Waals surface area contributed by atoms with Crippen LogP contribution in [0, 0.1) is 5.89 Å². The first-order valence-electron chi connectivity index (χ1n) is 10.5. The highest BCUT2D eigenvalue weighted by molar-refractivity contribution is 5.62. The van der Waals surface area contributed by atoms with Gasteiger partial charge in [0.25, 0.3) is 0 Å². The number of rotatable bonds is 2. The fraction of sp³-hybridized carbons (Fsp3) is 0.556. The van der Waals surface area contributed by atoms with Gasteiger partial charge in [-0.3, -0.25) is 0 Å². The summed E-state index contributed by atoms with van der Waals surface area (Å²) in [6, 6.07) is 2.98. The molecule has 116 valence electrons. The molecule has 1 N–H and O–H groups in total. The topological polar surface area (TPSA) is 41.9 Å². The monoisotopic (exact) mass is 305 g/mol. The maximum absolute atomic E-state index is 9.47. The summed E-state index contributed by atoms with van der Waals surface area (Å²) < 4.78 is 61.8. The summed E-state index contributed by atoms with van der Waals surface area (Å²) in [6.45, 7) is -2.13. The number of ether oxygens (including phenoxy) is 2. The van der Waals surface area contributed by atoms with Crippen molar-refractivity contribution in [3.63, 3.8) is 0 Å². The third kappa shape index (κ3) is 1.28. The van der Waals surface area contributed by atoms with Crippen molar-refractivity contribution in [3.05, 3.63) is 35.4 Å². The zero-order valence-corrected chi connectivity index (χ0v) is 12.3. The van der Waals surface area contributed by atoms with Gasteiger partial charge < -0.3 is 19.5 Å². The van der Waals surface area contributed by atoms with E-state index < -0.39 is 36.5 Å². The minimum absolute atomic E-state index is 0.209. The molecule has 4 aliphatic rings. The molecule has 4 heteroatoms. The Balaban J connectivity index is 1.84. The van der Waals surface area contributed by atoms with E-state index in [4.69, 9.17) is 20.1 Å². The Bertz CT molecular complexity index is 891. The van der Waals surface area contributed by atoms with Gasteiger partial charge in [-0.2, -0.15) is 0 Å². The van der Waals surface area contributed by atoms with Gasteiger partial charge in [-0.25, -0.2) is 0 Å². The maximum atomic E-state index is 9.47. The van der Waals surface area contributed by atoms with Crippen LogP contribution in [0.1, 0.15) is 24.4 Å². The second-order valence-electron chi connectivity index (χ2n) is 6.40. The lowest BCUT2D eigenvalue weighted by Gasteiger charge is -2.56. The Kier molecular flexibility index (Phi) is 1.54. The zero-order chi connectivity index (χ0) is 20.1. The molecule has 2 aliphatic heterocycles. The second kappa shape index (κ2) is 4.06. The highest BCUT2D eigenvalue weighted by atomic mass is 16.5. The first-order valence-corrected chi connectivity index (χ1v) is 7.61. The van der Waals surface area contributed by atoms with E-state index >= 15 is 0 Å². The summed E-state index contributed by atoms with van der Waals surface area (Å²) in [5.74, 6) is -0.517. The third-order valence-corrected chi connectivity index (χ3v) is 5.57. The molecule has 1 aromatic carbocycles. The van der Waals surface area contributed by atoms with Crippen LogP contribution in [0.25, 0.3) is 0 Å². The molecule has 2 bridgehead atoms. The van der Waals surface area contributed by atoms with Crippen LogP contribution in [0.3, 0.4) is 0 Å². The fourth-order valence-electron chi connectivity index (χ4n) is 4.66. The molecule has 1 aromatic rings. The van der Waals surface area contributed by atoms with Crippen molar-refractivity contribution >= 4 is 0 Å². The molecule has 22 heavy (non-hydrogen) atoms. The quantitative estimate of drug-likeness (QED) is 0.841. The van der Waals surface area contributed by atoms with Crippen LogP contribution in [-0.2, 0) is 11.8 Å². The van der Waals surface area contributed by atoms with Crippen molar-refractivity contribution in [2.24, 2.45) is 5.89 Å². The van der Waals surface area contributed by atoms with Crippen LogP contribution < -0.4 is 9.47 Å². The highest BCUT2D eigenvalue weighted by Crippen LogP contribution is 2.62. The smallest absolute Gasteiger partial charge is 0.211 e. The van der Waals surface area contributed by atoms with Crippen LogP contribution in [-0.4, -0.2) is 50.3 Å². The summed E-state index contributed by atoms with van der Waals surface area (Å²) >= 11 is 0. The fourth-order valence-corrected chi connectivity index (χ4v) is 4.66. The summed E-state index contributed by atoms with van der Waals surface area (Å²) in [5.41, 5.74) is 0.458. The number of aliphatic hydroxyl groups excluding tert-OH is 1. The number of piperidine rings is 1. The summed E-state index contributed by atoms with van der Waals surface area (Å²) in [7, 11) is 1.52. The maximum Gasteiger partial charge on any atom is 0.211 e. The molecule has 2 unspecified atom stereocenters. The largest absolute Gasteiger partial charge is 0.493 e. The number of hydrogen-bond donors (Lipinski definition) is 1. The molecule has 0 amide bonds. The number of benzene rings is 1. The molecule has 1 fully saturated rings. The molecule has 5 atom stereocenters. The summed E-state index contributed by atoms with van der Waals surface area (Å²) in [4.78, 5) is 1.41. The average Bonchev–Trinajstić information content (AvgIpc) is 2.89. The molecule has 2 heterocycles. The van der Waals surface area contributed by atoms with E-state index in [9.17, 15) is 2.74 Å². The van der Waals surface area contributed by atoms with Crippen molar-refractivity contribution in [1.82, 2.24) is 4.90 Å². The molecule has 1 spiro atoms. The molecule has 2 aliphatic carbocycles. The Labute approximate surface area is 138 Å². The third-order valence-electron chi connectivity index (χ3n) is 5.57. The minimum atomic E-state index is -2.34. The molecule has 1 saturated heterocycles. The van der Waals surface area contributed by atoms with Gasteiger partial charge in [-0.15, -0.1) is 0 Å². The van der Waals surface area contributed by atoms with E-state index in [1.165, 1.54) is 18.1 Å². The number of hydrogen-bond acceptors (Lipinski definition) is 4. The number of likely N-dealkylation sites (tertiary alicyclic amines) is 1. The van der Waals surface area contributed by atoms with Crippen molar-refractivity contribution < 1.29 is 21.4 Å². The van der Waals surface area contributed by atoms with E-state index in [0.29, 0.717) is 17.9 Å². The normalized spacial score (nSPS) is 52.2. The SMILES string of the molecule is [2H]OC1C=C[C@@]2([2H])[C@H]3Cc4ccc(OC)c5c4[C@@]2(CCN3C([2H])([2H])[2H])C1([2H])O5. The van der Waals surface area contributed by atoms with Crippen LogP contribution in [0.4, 0.5) is 0 Å².